The van der Waals surface area contributed by atoms with Crippen LogP contribution in [0.2, 0.25) is 5.02 Å². The van der Waals surface area contributed by atoms with Gasteiger partial charge in [0.15, 0.2) is 0 Å². The highest BCUT2D eigenvalue weighted by atomic mass is 35.5. The molecule has 1 rings (SSSR count). The first-order valence-corrected chi connectivity index (χ1v) is 7.59. The normalized spacial score (nSPS) is 15.5. The van der Waals surface area contributed by atoms with Gasteiger partial charge in [0.1, 0.15) is 10.7 Å². The van der Waals surface area contributed by atoms with Gasteiger partial charge in [0, 0.05) is 6.54 Å². The summed E-state index contributed by atoms with van der Waals surface area (Å²) in [6, 6.07) is 3.03. The molecule has 0 fully saturated rings. The Morgan fingerprint density at radius 1 is 1.47 bits per heavy atom. The van der Waals surface area contributed by atoms with Crippen molar-refractivity contribution < 1.29 is 17.9 Å². The van der Waals surface area contributed by atoms with Gasteiger partial charge in [-0.3, -0.25) is 0 Å². The van der Waals surface area contributed by atoms with Crippen LogP contribution in [0.3, 0.4) is 0 Å². The zero-order chi connectivity index (χ0) is 14.8. The molecule has 0 spiro atoms. The van der Waals surface area contributed by atoms with Crippen LogP contribution in [0.1, 0.15) is 20.8 Å². The average Bonchev–Trinajstić information content (AvgIpc) is 2.26. The Morgan fingerprint density at radius 2 is 2.05 bits per heavy atom. The quantitative estimate of drug-likeness (QED) is 0.876. The molecule has 2 N–H and O–H groups in total. The Bertz CT molecular complexity index is 558. The van der Waals surface area contributed by atoms with Crippen LogP contribution in [0.25, 0.3) is 0 Å². The van der Waals surface area contributed by atoms with E-state index in [-0.39, 0.29) is 22.4 Å². The summed E-state index contributed by atoms with van der Waals surface area (Å²) in [5, 5.41) is 9.80. The van der Waals surface area contributed by atoms with Crippen molar-refractivity contribution in [1.29, 1.82) is 0 Å². The molecule has 108 valence electrons. The van der Waals surface area contributed by atoms with Crippen molar-refractivity contribution in [3.63, 3.8) is 0 Å². The highest BCUT2D eigenvalue weighted by Gasteiger charge is 2.28. The molecule has 0 heterocycles. The van der Waals surface area contributed by atoms with Crippen molar-refractivity contribution in [3.8, 4) is 0 Å². The standard InChI is InChI=1S/C12H17ClFNO3S/c1-8(2)12(3,16)7-15-19(17,18)11-5-4-9(14)6-10(11)13/h4-6,8,15-16H,7H2,1-3H3/t12-/m0/s1. The second-order valence-corrected chi connectivity index (χ2v) is 7.05. The van der Waals surface area contributed by atoms with E-state index in [9.17, 15) is 17.9 Å². The van der Waals surface area contributed by atoms with Crippen molar-refractivity contribution in [2.24, 2.45) is 5.92 Å². The summed E-state index contributed by atoms with van der Waals surface area (Å²) in [5.74, 6) is -0.739. The fourth-order valence-corrected chi connectivity index (χ4v) is 2.89. The molecular formula is C12H17ClFNO3S. The number of aliphatic hydroxyl groups is 1. The van der Waals surface area contributed by atoms with Gasteiger partial charge in [0.2, 0.25) is 10.0 Å². The van der Waals surface area contributed by atoms with Gasteiger partial charge in [-0.1, -0.05) is 25.4 Å². The molecule has 1 atom stereocenters. The van der Waals surface area contributed by atoms with E-state index in [2.05, 4.69) is 4.72 Å². The predicted octanol–water partition coefficient (Wildman–Crippen LogP) is 2.16. The van der Waals surface area contributed by atoms with Crippen LogP contribution in [0.15, 0.2) is 23.1 Å². The lowest BCUT2D eigenvalue weighted by atomic mass is 9.93. The molecule has 0 saturated carbocycles. The lowest BCUT2D eigenvalue weighted by molar-refractivity contribution is 0.0190. The summed E-state index contributed by atoms with van der Waals surface area (Å²) in [6.45, 7) is 4.94. The lowest BCUT2D eigenvalue weighted by Gasteiger charge is -2.27. The third-order valence-electron chi connectivity index (χ3n) is 3.05. The van der Waals surface area contributed by atoms with E-state index in [0.29, 0.717) is 0 Å². The molecule has 7 heteroatoms. The maximum Gasteiger partial charge on any atom is 0.242 e. The summed E-state index contributed by atoms with van der Waals surface area (Å²) in [4.78, 5) is -0.213. The van der Waals surface area contributed by atoms with E-state index >= 15 is 0 Å². The average molecular weight is 310 g/mol. The fraction of sp³-hybridized carbons (Fsp3) is 0.500. The number of benzene rings is 1. The molecule has 1 aromatic carbocycles. The number of hydrogen-bond acceptors (Lipinski definition) is 3. The zero-order valence-electron chi connectivity index (χ0n) is 10.9. The van der Waals surface area contributed by atoms with Crippen LogP contribution in [0, 0.1) is 11.7 Å². The Hall–Kier alpha value is -0.690. The molecule has 0 aliphatic carbocycles. The number of nitrogens with one attached hydrogen (secondary N) is 1. The van der Waals surface area contributed by atoms with Crippen molar-refractivity contribution >= 4 is 21.6 Å². The van der Waals surface area contributed by atoms with Crippen LogP contribution in [0.4, 0.5) is 4.39 Å². The van der Waals surface area contributed by atoms with E-state index in [1.165, 1.54) is 6.92 Å². The van der Waals surface area contributed by atoms with Gasteiger partial charge in [-0.25, -0.2) is 17.5 Å². The molecule has 0 unspecified atom stereocenters. The maximum absolute atomic E-state index is 12.9. The molecule has 0 saturated heterocycles. The third-order valence-corrected chi connectivity index (χ3v) is 4.93. The molecule has 1 aromatic rings. The van der Waals surface area contributed by atoms with Crippen LogP contribution < -0.4 is 4.72 Å². The first-order chi connectivity index (χ1) is 8.56. The van der Waals surface area contributed by atoms with Crippen LogP contribution in [0.5, 0.6) is 0 Å². The minimum absolute atomic E-state index is 0.126. The lowest BCUT2D eigenvalue weighted by Crippen LogP contribution is -2.44. The van der Waals surface area contributed by atoms with Gasteiger partial charge in [-0.05, 0) is 31.0 Å². The van der Waals surface area contributed by atoms with Gasteiger partial charge < -0.3 is 5.11 Å². The number of halogens is 2. The van der Waals surface area contributed by atoms with Gasteiger partial charge in [0.25, 0.3) is 0 Å². The summed E-state index contributed by atoms with van der Waals surface area (Å²) in [5.41, 5.74) is -1.18. The van der Waals surface area contributed by atoms with E-state index in [4.69, 9.17) is 11.6 Å². The van der Waals surface area contributed by atoms with E-state index in [1.807, 2.05) is 0 Å². The summed E-state index contributed by atoms with van der Waals surface area (Å²) in [7, 11) is -3.88. The van der Waals surface area contributed by atoms with Gasteiger partial charge in [0.05, 0.1) is 10.6 Å². The van der Waals surface area contributed by atoms with Crippen molar-refractivity contribution in [3.05, 3.63) is 29.0 Å². The molecule has 0 radical (unpaired) electrons. The second-order valence-electron chi connectivity index (χ2n) is 4.91. The largest absolute Gasteiger partial charge is 0.389 e. The fourth-order valence-electron chi connectivity index (χ4n) is 1.22. The second kappa shape index (κ2) is 5.75. The molecule has 0 amide bonds. The predicted molar refractivity (Wildman–Crippen MR) is 72.1 cm³/mol. The first kappa shape index (κ1) is 16.4. The summed E-state index contributed by atoms with van der Waals surface area (Å²) in [6.07, 6.45) is 0. The summed E-state index contributed by atoms with van der Waals surface area (Å²) >= 11 is 5.70. The first-order valence-electron chi connectivity index (χ1n) is 5.73. The number of hydrogen-bond donors (Lipinski definition) is 2. The van der Waals surface area contributed by atoms with Gasteiger partial charge in [-0.2, -0.15) is 0 Å². The SMILES string of the molecule is CC(C)[C@@](C)(O)CNS(=O)(=O)c1ccc(F)cc1Cl. The Balaban J connectivity index is 2.94. The van der Waals surface area contributed by atoms with Crippen LogP contribution in [-0.4, -0.2) is 25.7 Å². The molecule has 4 nitrogen and oxygen atoms in total. The minimum Gasteiger partial charge on any atom is -0.389 e. The smallest absolute Gasteiger partial charge is 0.242 e. The van der Waals surface area contributed by atoms with Gasteiger partial charge >= 0.3 is 0 Å². The van der Waals surface area contributed by atoms with Crippen molar-refractivity contribution in [2.45, 2.75) is 31.3 Å². The third kappa shape index (κ3) is 4.14. The molecule has 0 aromatic heterocycles. The van der Waals surface area contributed by atoms with Crippen molar-refractivity contribution in [2.75, 3.05) is 6.54 Å². The Labute approximate surface area is 117 Å². The van der Waals surface area contributed by atoms with Gasteiger partial charge in [-0.15, -0.1) is 0 Å². The minimum atomic E-state index is -3.88. The Kier molecular flexibility index (Phi) is 4.95. The molecule has 19 heavy (non-hydrogen) atoms. The topological polar surface area (TPSA) is 66.4 Å². The monoisotopic (exact) mass is 309 g/mol. The molecule has 0 bridgehead atoms. The Morgan fingerprint density at radius 3 is 2.53 bits per heavy atom. The molecule has 0 aliphatic rings. The number of sulfonamides is 1. The molecular weight excluding hydrogens is 293 g/mol. The molecule has 0 aliphatic heterocycles. The highest BCUT2D eigenvalue weighted by molar-refractivity contribution is 7.89. The van der Waals surface area contributed by atoms with Crippen LogP contribution >= 0.6 is 11.6 Å². The van der Waals surface area contributed by atoms with E-state index < -0.39 is 21.4 Å². The van der Waals surface area contributed by atoms with Crippen LogP contribution in [-0.2, 0) is 10.0 Å². The zero-order valence-corrected chi connectivity index (χ0v) is 12.5. The van der Waals surface area contributed by atoms with E-state index in [1.54, 1.807) is 13.8 Å². The van der Waals surface area contributed by atoms with E-state index in [0.717, 1.165) is 18.2 Å². The van der Waals surface area contributed by atoms with Crippen molar-refractivity contribution in [1.82, 2.24) is 4.72 Å². The summed E-state index contributed by atoms with van der Waals surface area (Å²) < 4.78 is 39.2. The number of rotatable bonds is 5. The maximum atomic E-state index is 12.9. The highest BCUT2D eigenvalue weighted by Crippen LogP contribution is 2.23.